The fourth-order valence-corrected chi connectivity index (χ4v) is 3.13. The van der Waals surface area contributed by atoms with Gasteiger partial charge in [0.1, 0.15) is 11.7 Å². The maximum atomic E-state index is 12.6. The van der Waals surface area contributed by atoms with Crippen LogP contribution in [0.3, 0.4) is 0 Å². The summed E-state index contributed by atoms with van der Waals surface area (Å²) in [6.45, 7) is 0.914. The molecular formula is C16H20N2O. The van der Waals surface area contributed by atoms with E-state index in [1.165, 1.54) is 24.8 Å². The molecule has 3 fully saturated rings. The Balaban J connectivity index is 1.57. The smallest absolute Gasteiger partial charge is 0.244 e. The van der Waals surface area contributed by atoms with E-state index >= 15 is 0 Å². The zero-order valence-electron chi connectivity index (χ0n) is 11.1. The molecule has 19 heavy (non-hydrogen) atoms. The predicted octanol–water partition coefficient (Wildman–Crippen LogP) is 2.45. The van der Waals surface area contributed by atoms with Crippen molar-refractivity contribution in [2.75, 3.05) is 6.54 Å². The highest BCUT2D eigenvalue weighted by molar-refractivity contribution is 5.92. The summed E-state index contributed by atoms with van der Waals surface area (Å²) in [5.74, 6) is 1.21. The number of carbonyl (C=O) groups is 1. The topological polar surface area (TPSA) is 32.3 Å². The minimum Gasteiger partial charge on any atom is -0.321 e. The summed E-state index contributed by atoms with van der Waals surface area (Å²) in [7, 11) is 0. The van der Waals surface area contributed by atoms with Gasteiger partial charge < -0.3 is 4.90 Å². The number of rotatable bonds is 4. The Morgan fingerprint density at radius 3 is 2.58 bits per heavy atom. The van der Waals surface area contributed by atoms with Crippen molar-refractivity contribution in [2.45, 2.75) is 43.8 Å². The first-order chi connectivity index (χ1) is 9.28. The summed E-state index contributed by atoms with van der Waals surface area (Å²) in [4.78, 5) is 14.7. The molecule has 2 saturated carbocycles. The third-order valence-corrected chi connectivity index (χ3v) is 4.74. The molecule has 3 heteroatoms. The quantitative estimate of drug-likeness (QED) is 0.897. The van der Waals surface area contributed by atoms with E-state index < -0.39 is 0 Å². The van der Waals surface area contributed by atoms with Crippen LogP contribution in [0.1, 0.15) is 43.8 Å². The maximum Gasteiger partial charge on any atom is 0.244 e. The molecule has 2 aliphatic carbocycles. The van der Waals surface area contributed by atoms with Gasteiger partial charge in [-0.1, -0.05) is 43.2 Å². The van der Waals surface area contributed by atoms with Crippen molar-refractivity contribution in [3.8, 4) is 0 Å². The number of hydrogen-bond donors (Lipinski definition) is 1. The summed E-state index contributed by atoms with van der Waals surface area (Å²) in [5.41, 5.74) is 1.01. The van der Waals surface area contributed by atoms with Crippen LogP contribution in [0, 0.1) is 5.92 Å². The molecule has 1 atom stereocenters. The molecule has 1 aromatic carbocycles. The number of amides is 1. The second-order valence-electron chi connectivity index (χ2n) is 6.27. The van der Waals surface area contributed by atoms with E-state index in [2.05, 4.69) is 34.5 Å². The lowest BCUT2D eigenvalue weighted by Crippen LogP contribution is -2.33. The standard InChI is InChI=1S/C16H20N2O/c19-15-16(9-10-16)17-14(13-4-2-1-3-5-13)18(15)11-8-12-6-7-12/h1-5,12,14,17H,6-11H2. The molecule has 1 heterocycles. The maximum absolute atomic E-state index is 12.6. The van der Waals surface area contributed by atoms with Crippen molar-refractivity contribution < 1.29 is 4.79 Å². The monoisotopic (exact) mass is 256 g/mol. The van der Waals surface area contributed by atoms with Crippen LogP contribution >= 0.6 is 0 Å². The van der Waals surface area contributed by atoms with Crippen LogP contribution in [0.2, 0.25) is 0 Å². The zero-order valence-corrected chi connectivity index (χ0v) is 11.1. The zero-order chi connectivity index (χ0) is 12.9. The fraction of sp³-hybridized carbons (Fsp3) is 0.562. The van der Waals surface area contributed by atoms with E-state index in [1.54, 1.807) is 0 Å². The minimum absolute atomic E-state index is 0.0925. The molecule has 4 rings (SSSR count). The third-order valence-electron chi connectivity index (χ3n) is 4.74. The van der Waals surface area contributed by atoms with Crippen LogP contribution in [0.15, 0.2) is 30.3 Å². The number of hydrogen-bond acceptors (Lipinski definition) is 2. The van der Waals surface area contributed by atoms with Crippen LogP contribution in [0.25, 0.3) is 0 Å². The minimum atomic E-state index is -0.204. The number of nitrogens with one attached hydrogen (secondary N) is 1. The lowest BCUT2D eigenvalue weighted by Gasteiger charge is -2.24. The van der Waals surface area contributed by atoms with Gasteiger partial charge in [0, 0.05) is 6.54 Å². The van der Waals surface area contributed by atoms with Gasteiger partial charge in [-0.05, 0) is 30.7 Å². The summed E-state index contributed by atoms with van der Waals surface area (Å²) >= 11 is 0. The second-order valence-corrected chi connectivity index (χ2v) is 6.27. The summed E-state index contributed by atoms with van der Waals surface area (Å²) < 4.78 is 0. The van der Waals surface area contributed by atoms with E-state index in [-0.39, 0.29) is 11.7 Å². The highest BCUT2D eigenvalue weighted by Gasteiger charge is 2.59. The lowest BCUT2D eigenvalue weighted by molar-refractivity contribution is -0.131. The first kappa shape index (κ1) is 11.5. The van der Waals surface area contributed by atoms with E-state index in [0.29, 0.717) is 5.91 Å². The number of benzene rings is 1. The van der Waals surface area contributed by atoms with Gasteiger partial charge >= 0.3 is 0 Å². The van der Waals surface area contributed by atoms with Gasteiger partial charge in [0.25, 0.3) is 0 Å². The van der Waals surface area contributed by atoms with E-state index in [1.807, 2.05) is 6.07 Å². The molecular weight excluding hydrogens is 236 g/mol. The van der Waals surface area contributed by atoms with Crippen molar-refractivity contribution in [2.24, 2.45) is 5.92 Å². The molecule has 100 valence electrons. The highest BCUT2D eigenvalue weighted by Crippen LogP contribution is 2.46. The summed E-state index contributed by atoms with van der Waals surface area (Å²) in [6.07, 6.45) is 6.00. The summed E-state index contributed by atoms with van der Waals surface area (Å²) in [6, 6.07) is 10.4. The average molecular weight is 256 g/mol. The lowest BCUT2D eigenvalue weighted by atomic mass is 10.1. The molecule has 0 aromatic heterocycles. The fourth-order valence-electron chi connectivity index (χ4n) is 3.13. The second kappa shape index (κ2) is 4.07. The number of nitrogens with zero attached hydrogens (tertiary/aromatic N) is 1. The molecule has 1 unspecified atom stereocenters. The molecule has 1 aliphatic heterocycles. The van der Waals surface area contributed by atoms with Gasteiger partial charge in [0.05, 0.1) is 0 Å². The molecule has 1 spiro atoms. The van der Waals surface area contributed by atoms with Gasteiger partial charge in [-0.2, -0.15) is 0 Å². The van der Waals surface area contributed by atoms with Crippen LogP contribution in [0.4, 0.5) is 0 Å². The van der Waals surface area contributed by atoms with Gasteiger partial charge in [0.15, 0.2) is 0 Å². The van der Waals surface area contributed by atoms with Crippen LogP contribution in [-0.4, -0.2) is 22.9 Å². The first-order valence-electron chi connectivity index (χ1n) is 7.42. The average Bonchev–Trinajstić information content (AvgIpc) is 3.33. The molecule has 0 bridgehead atoms. The Bertz CT molecular complexity index is 491. The largest absolute Gasteiger partial charge is 0.321 e. The normalized spacial score (nSPS) is 28.1. The Labute approximate surface area is 114 Å². The molecule has 3 nitrogen and oxygen atoms in total. The van der Waals surface area contributed by atoms with E-state index in [9.17, 15) is 4.79 Å². The first-order valence-corrected chi connectivity index (χ1v) is 7.42. The summed E-state index contributed by atoms with van der Waals surface area (Å²) in [5, 5.41) is 3.58. The molecule has 1 N–H and O–H groups in total. The third kappa shape index (κ3) is 1.96. The van der Waals surface area contributed by atoms with Gasteiger partial charge in [0.2, 0.25) is 5.91 Å². The Morgan fingerprint density at radius 1 is 1.21 bits per heavy atom. The van der Waals surface area contributed by atoms with Gasteiger partial charge in [-0.25, -0.2) is 0 Å². The predicted molar refractivity (Wildman–Crippen MR) is 73.3 cm³/mol. The Morgan fingerprint density at radius 2 is 1.95 bits per heavy atom. The van der Waals surface area contributed by atoms with Crippen LogP contribution in [0.5, 0.6) is 0 Å². The Kier molecular flexibility index (Phi) is 2.46. The SMILES string of the molecule is O=C1N(CCC2CC2)C(c2ccccc2)NC12CC2. The van der Waals surface area contributed by atoms with Gasteiger partial charge in [-0.3, -0.25) is 10.1 Å². The van der Waals surface area contributed by atoms with E-state index in [0.717, 1.165) is 25.3 Å². The molecule has 3 aliphatic rings. The molecule has 0 radical (unpaired) electrons. The van der Waals surface area contributed by atoms with Crippen molar-refractivity contribution in [1.82, 2.24) is 10.2 Å². The van der Waals surface area contributed by atoms with Gasteiger partial charge in [-0.15, -0.1) is 0 Å². The van der Waals surface area contributed by atoms with Crippen molar-refractivity contribution in [3.05, 3.63) is 35.9 Å². The van der Waals surface area contributed by atoms with E-state index in [4.69, 9.17) is 0 Å². The van der Waals surface area contributed by atoms with Crippen molar-refractivity contribution in [1.29, 1.82) is 0 Å². The molecule has 1 saturated heterocycles. The van der Waals surface area contributed by atoms with Crippen molar-refractivity contribution in [3.63, 3.8) is 0 Å². The highest BCUT2D eigenvalue weighted by atomic mass is 16.2. The van der Waals surface area contributed by atoms with Crippen molar-refractivity contribution >= 4 is 5.91 Å². The number of carbonyl (C=O) groups excluding carboxylic acids is 1. The molecule has 1 amide bonds. The molecule has 1 aromatic rings. The Hall–Kier alpha value is -1.35. The van der Waals surface area contributed by atoms with Crippen LogP contribution in [-0.2, 0) is 4.79 Å². The van der Waals surface area contributed by atoms with Crippen LogP contribution < -0.4 is 5.32 Å².